The van der Waals surface area contributed by atoms with E-state index >= 15 is 0 Å². The Bertz CT molecular complexity index is 1640. The molecule has 4 aromatic rings. The Morgan fingerprint density at radius 3 is 2.46 bits per heavy atom. The van der Waals surface area contributed by atoms with Crippen molar-refractivity contribution in [2.75, 3.05) is 6.61 Å². The maximum atomic E-state index is 13.1. The van der Waals surface area contributed by atoms with Crippen molar-refractivity contribution in [1.82, 2.24) is 0 Å². The number of fused-ring (bicyclic) bond motifs is 2. The summed E-state index contributed by atoms with van der Waals surface area (Å²) < 4.78 is 23.1. The van der Waals surface area contributed by atoms with Gasteiger partial charge in [0.15, 0.2) is 0 Å². The molecule has 1 atom stereocenters. The highest BCUT2D eigenvalue weighted by atomic mass is 16.5. The number of ether oxygens (including phenoxy) is 3. The summed E-state index contributed by atoms with van der Waals surface area (Å²) >= 11 is 0. The second-order valence-corrected chi connectivity index (χ2v) is 9.77. The second-order valence-electron chi connectivity index (χ2n) is 9.77. The van der Waals surface area contributed by atoms with E-state index in [2.05, 4.69) is 13.0 Å². The number of benzene rings is 3. The van der Waals surface area contributed by atoms with Crippen LogP contribution in [0.1, 0.15) is 64.1 Å². The topological polar surface area (TPSA) is 108 Å². The molecule has 198 valence electrons. The normalized spacial score (nSPS) is 14.5. The van der Waals surface area contributed by atoms with Crippen LogP contribution in [0.5, 0.6) is 17.2 Å². The summed E-state index contributed by atoms with van der Waals surface area (Å²) in [6, 6.07) is 18.8. The first kappa shape index (κ1) is 25.9. The van der Waals surface area contributed by atoms with E-state index in [0.717, 1.165) is 51.8 Å². The van der Waals surface area contributed by atoms with E-state index in [-0.39, 0.29) is 17.4 Å². The van der Waals surface area contributed by atoms with Gasteiger partial charge in [0.25, 0.3) is 0 Å². The highest BCUT2D eigenvalue weighted by Gasteiger charge is 2.31. The van der Waals surface area contributed by atoms with Gasteiger partial charge in [-0.15, -0.1) is 0 Å². The number of nitriles is 1. The first-order chi connectivity index (χ1) is 18.8. The molecule has 5 rings (SSSR count). The number of esters is 1. The lowest BCUT2D eigenvalue weighted by Gasteiger charge is -2.26. The lowest BCUT2D eigenvalue weighted by molar-refractivity contribution is 0.0702. The van der Waals surface area contributed by atoms with Crippen molar-refractivity contribution in [1.29, 1.82) is 5.26 Å². The number of unbranched alkanes of at least 4 members (excludes halogenated alkanes) is 1. The van der Waals surface area contributed by atoms with Crippen LogP contribution < -0.4 is 19.9 Å². The summed E-state index contributed by atoms with van der Waals surface area (Å²) in [6.07, 6.45) is 2.04. The number of nitrogens with two attached hydrogens (primary N) is 1. The van der Waals surface area contributed by atoms with Crippen LogP contribution in [0, 0.1) is 32.1 Å². The van der Waals surface area contributed by atoms with Crippen molar-refractivity contribution in [3.63, 3.8) is 0 Å². The zero-order valence-electron chi connectivity index (χ0n) is 22.5. The highest BCUT2D eigenvalue weighted by Crippen LogP contribution is 2.44. The highest BCUT2D eigenvalue weighted by molar-refractivity contribution is 5.97. The molecular formula is C32H30N2O5. The Kier molecular flexibility index (Phi) is 7.03. The Labute approximate surface area is 227 Å². The summed E-state index contributed by atoms with van der Waals surface area (Å²) in [4.78, 5) is 13.1. The summed E-state index contributed by atoms with van der Waals surface area (Å²) in [6.45, 7) is 8.63. The van der Waals surface area contributed by atoms with Gasteiger partial charge < -0.3 is 24.4 Å². The Balaban J connectivity index is 1.42. The smallest absolute Gasteiger partial charge is 0.379 e. The van der Waals surface area contributed by atoms with E-state index in [9.17, 15) is 10.1 Å². The van der Waals surface area contributed by atoms with Gasteiger partial charge in [0.1, 0.15) is 34.5 Å². The van der Waals surface area contributed by atoms with E-state index in [1.54, 1.807) is 18.2 Å². The molecule has 3 aromatic carbocycles. The van der Waals surface area contributed by atoms with E-state index in [0.29, 0.717) is 23.5 Å². The molecule has 0 bridgehead atoms. The first-order valence-electron chi connectivity index (χ1n) is 13.0. The fourth-order valence-corrected chi connectivity index (χ4v) is 4.76. The molecular weight excluding hydrogens is 492 g/mol. The van der Waals surface area contributed by atoms with Gasteiger partial charge in [-0.2, -0.15) is 5.26 Å². The minimum atomic E-state index is -0.605. The molecule has 0 spiro atoms. The van der Waals surface area contributed by atoms with Gasteiger partial charge >= 0.3 is 5.97 Å². The number of nitrogens with zero attached hydrogens (tertiary/aromatic N) is 1. The number of allylic oxidation sites excluding steroid dienone is 1. The number of hydrogen-bond donors (Lipinski definition) is 1. The van der Waals surface area contributed by atoms with Gasteiger partial charge in [0.05, 0.1) is 12.5 Å². The minimum absolute atomic E-state index is 0.0145. The standard InChI is InChI=1S/C32H30N2O5/c1-5-6-13-36-22-9-7-21(8-10-22)29-24-12-11-23(16-28(24)39-31(34)26(29)17-33)37-32(35)30-20(4)25-14-18(2)19(3)15-27(25)38-30/h7-12,14-16,29H,5-6,13,34H2,1-4H3. The van der Waals surface area contributed by atoms with Crippen molar-refractivity contribution < 1.29 is 23.4 Å². The van der Waals surface area contributed by atoms with Crippen molar-refractivity contribution in [3.8, 4) is 23.3 Å². The summed E-state index contributed by atoms with van der Waals surface area (Å²) in [5.41, 5.74) is 11.7. The SMILES string of the molecule is CCCCOc1ccc(C2C(C#N)=C(N)Oc3cc(OC(=O)c4oc5cc(C)c(C)cc5c4C)ccc32)cc1. The van der Waals surface area contributed by atoms with Crippen LogP contribution in [0.3, 0.4) is 0 Å². The van der Waals surface area contributed by atoms with E-state index in [4.69, 9.17) is 24.4 Å². The zero-order chi connectivity index (χ0) is 27.7. The van der Waals surface area contributed by atoms with Crippen molar-refractivity contribution in [3.05, 3.63) is 99.6 Å². The van der Waals surface area contributed by atoms with Crippen LogP contribution in [-0.2, 0) is 0 Å². The molecule has 1 unspecified atom stereocenters. The molecule has 0 saturated carbocycles. The van der Waals surface area contributed by atoms with Crippen molar-refractivity contribution in [2.45, 2.75) is 46.5 Å². The molecule has 1 aliphatic rings. The molecule has 0 fully saturated rings. The van der Waals surface area contributed by atoms with Crippen LogP contribution in [0.25, 0.3) is 11.0 Å². The number of furan rings is 1. The molecule has 7 heteroatoms. The van der Waals surface area contributed by atoms with Crippen LogP contribution in [0.4, 0.5) is 0 Å². The Morgan fingerprint density at radius 1 is 1.03 bits per heavy atom. The lowest BCUT2D eigenvalue weighted by Crippen LogP contribution is -2.21. The molecule has 39 heavy (non-hydrogen) atoms. The van der Waals surface area contributed by atoms with Gasteiger partial charge in [0.2, 0.25) is 11.6 Å². The predicted octanol–water partition coefficient (Wildman–Crippen LogP) is 6.97. The van der Waals surface area contributed by atoms with Crippen LogP contribution >= 0.6 is 0 Å². The molecule has 0 amide bonds. The Morgan fingerprint density at radius 2 is 1.74 bits per heavy atom. The molecule has 1 aliphatic heterocycles. The Hall–Kier alpha value is -4.70. The minimum Gasteiger partial charge on any atom is -0.494 e. The summed E-state index contributed by atoms with van der Waals surface area (Å²) in [7, 11) is 0. The number of carbonyl (C=O) groups is 1. The number of hydrogen-bond acceptors (Lipinski definition) is 7. The van der Waals surface area contributed by atoms with Crippen molar-refractivity contribution in [2.24, 2.45) is 5.73 Å². The average molecular weight is 523 g/mol. The van der Waals surface area contributed by atoms with Crippen LogP contribution in [-0.4, -0.2) is 12.6 Å². The predicted molar refractivity (Wildman–Crippen MR) is 148 cm³/mol. The average Bonchev–Trinajstić information content (AvgIpc) is 3.23. The summed E-state index contributed by atoms with van der Waals surface area (Å²) in [5, 5.41) is 10.7. The quantitative estimate of drug-likeness (QED) is 0.159. The molecule has 0 radical (unpaired) electrons. The van der Waals surface area contributed by atoms with Crippen LogP contribution in [0.15, 0.2) is 70.5 Å². The number of aryl methyl sites for hydroxylation is 3. The van der Waals surface area contributed by atoms with E-state index in [1.807, 2.05) is 57.2 Å². The fraction of sp³-hybridized carbons (Fsp3) is 0.250. The van der Waals surface area contributed by atoms with Gasteiger partial charge in [-0.05, 0) is 74.2 Å². The largest absolute Gasteiger partial charge is 0.494 e. The molecule has 2 heterocycles. The number of rotatable bonds is 7. The fourth-order valence-electron chi connectivity index (χ4n) is 4.76. The maximum Gasteiger partial charge on any atom is 0.379 e. The van der Waals surface area contributed by atoms with Gasteiger partial charge in [0, 0.05) is 22.6 Å². The third kappa shape index (κ3) is 4.94. The molecule has 2 N–H and O–H groups in total. The monoisotopic (exact) mass is 522 g/mol. The molecule has 0 aliphatic carbocycles. The third-order valence-electron chi connectivity index (χ3n) is 7.12. The second kappa shape index (κ2) is 10.6. The van der Waals surface area contributed by atoms with Crippen LogP contribution in [0.2, 0.25) is 0 Å². The van der Waals surface area contributed by atoms with Gasteiger partial charge in [-0.3, -0.25) is 0 Å². The number of carbonyl (C=O) groups excluding carboxylic acids is 1. The molecule has 7 nitrogen and oxygen atoms in total. The van der Waals surface area contributed by atoms with Crippen molar-refractivity contribution >= 4 is 16.9 Å². The van der Waals surface area contributed by atoms with E-state index < -0.39 is 11.9 Å². The summed E-state index contributed by atoms with van der Waals surface area (Å²) in [5.74, 6) is 0.585. The van der Waals surface area contributed by atoms with E-state index in [1.165, 1.54) is 0 Å². The molecule has 1 aromatic heterocycles. The lowest BCUT2D eigenvalue weighted by atomic mass is 9.83. The van der Waals surface area contributed by atoms with Gasteiger partial charge in [-0.25, -0.2) is 4.79 Å². The third-order valence-corrected chi connectivity index (χ3v) is 7.12. The maximum absolute atomic E-state index is 13.1. The zero-order valence-corrected chi connectivity index (χ0v) is 22.5. The molecule has 0 saturated heterocycles. The van der Waals surface area contributed by atoms with Gasteiger partial charge in [-0.1, -0.05) is 31.5 Å². The first-order valence-corrected chi connectivity index (χ1v) is 13.0.